The summed E-state index contributed by atoms with van der Waals surface area (Å²) in [5, 5.41) is 2.96. The van der Waals surface area contributed by atoms with Gasteiger partial charge in [-0.05, 0) is 30.9 Å². The molecule has 1 aliphatic rings. The molecule has 1 fully saturated rings. The fourth-order valence-electron chi connectivity index (χ4n) is 1.43. The minimum Gasteiger partial charge on any atom is -0.368 e. The Morgan fingerprint density at radius 1 is 1.82 bits per heavy atom. The molecule has 0 bridgehead atoms. The number of carbonyl (C=O) groups is 1. The first kappa shape index (κ1) is 8.87. The summed E-state index contributed by atoms with van der Waals surface area (Å²) in [7, 11) is 1.79. The quantitative estimate of drug-likeness (QED) is 0.623. The van der Waals surface area contributed by atoms with Gasteiger partial charge in [0.05, 0.1) is 6.04 Å². The maximum atomic E-state index is 10.9. The van der Waals surface area contributed by atoms with Crippen LogP contribution >= 0.6 is 11.8 Å². The van der Waals surface area contributed by atoms with Crippen LogP contribution in [0, 0.1) is 5.92 Å². The fourth-order valence-corrected chi connectivity index (χ4v) is 2.72. The molecule has 1 amide bonds. The third-order valence-electron chi connectivity index (χ3n) is 2.05. The molecule has 0 spiro atoms. The van der Waals surface area contributed by atoms with Crippen molar-refractivity contribution in [1.82, 2.24) is 5.32 Å². The minimum absolute atomic E-state index is 0.120. The van der Waals surface area contributed by atoms with Gasteiger partial charge in [0.2, 0.25) is 5.91 Å². The molecule has 64 valence electrons. The average Bonchev–Trinajstić information content (AvgIpc) is 2.40. The summed E-state index contributed by atoms with van der Waals surface area (Å²) in [6, 6.07) is -0.120. The van der Waals surface area contributed by atoms with Crippen molar-refractivity contribution < 1.29 is 4.79 Å². The molecule has 0 radical (unpaired) electrons. The third kappa shape index (κ3) is 2.10. The second kappa shape index (κ2) is 3.97. The van der Waals surface area contributed by atoms with Gasteiger partial charge in [0.25, 0.3) is 0 Å². The Morgan fingerprint density at radius 2 is 2.55 bits per heavy atom. The van der Waals surface area contributed by atoms with Crippen LogP contribution in [0.2, 0.25) is 0 Å². The Hall–Kier alpha value is -0.220. The van der Waals surface area contributed by atoms with Crippen LogP contribution in [0.1, 0.15) is 6.42 Å². The molecule has 11 heavy (non-hydrogen) atoms. The summed E-state index contributed by atoms with van der Waals surface area (Å²) < 4.78 is 0. The van der Waals surface area contributed by atoms with Crippen molar-refractivity contribution in [2.24, 2.45) is 11.7 Å². The summed E-state index contributed by atoms with van der Waals surface area (Å²) in [5.74, 6) is 2.45. The number of rotatable bonds is 3. The van der Waals surface area contributed by atoms with E-state index < -0.39 is 0 Å². The highest BCUT2D eigenvalue weighted by molar-refractivity contribution is 7.99. The van der Waals surface area contributed by atoms with Gasteiger partial charge in [-0.1, -0.05) is 0 Å². The Labute approximate surface area is 71.1 Å². The number of hydrogen-bond acceptors (Lipinski definition) is 3. The lowest BCUT2D eigenvalue weighted by molar-refractivity contribution is -0.120. The summed E-state index contributed by atoms with van der Waals surface area (Å²) in [4.78, 5) is 10.9. The van der Waals surface area contributed by atoms with Crippen LogP contribution < -0.4 is 11.1 Å². The number of likely N-dealkylation sites (N-methyl/N-ethyl adjacent to an activating group) is 1. The molecule has 1 rings (SSSR count). The van der Waals surface area contributed by atoms with Gasteiger partial charge in [-0.3, -0.25) is 4.79 Å². The Morgan fingerprint density at radius 3 is 2.91 bits per heavy atom. The van der Waals surface area contributed by atoms with E-state index in [1.165, 1.54) is 0 Å². The summed E-state index contributed by atoms with van der Waals surface area (Å²) in [6.45, 7) is 0. The molecule has 4 heteroatoms. The van der Waals surface area contributed by atoms with E-state index in [0.29, 0.717) is 5.92 Å². The molecule has 0 aromatic heterocycles. The van der Waals surface area contributed by atoms with Crippen molar-refractivity contribution in [2.75, 3.05) is 18.6 Å². The van der Waals surface area contributed by atoms with E-state index in [-0.39, 0.29) is 11.9 Å². The topological polar surface area (TPSA) is 55.1 Å². The monoisotopic (exact) mass is 174 g/mol. The largest absolute Gasteiger partial charge is 0.368 e. The van der Waals surface area contributed by atoms with Gasteiger partial charge >= 0.3 is 0 Å². The highest BCUT2D eigenvalue weighted by Gasteiger charge is 2.27. The van der Waals surface area contributed by atoms with E-state index in [1.807, 2.05) is 11.8 Å². The molecule has 3 N–H and O–H groups in total. The van der Waals surface area contributed by atoms with Gasteiger partial charge in [-0.2, -0.15) is 11.8 Å². The number of hydrogen-bond donors (Lipinski definition) is 2. The molecular weight excluding hydrogens is 160 g/mol. The van der Waals surface area contributed by atoms with Crippen LogP contribution in [0.15, 0.2) is 0 Å². The van der Waals surface area contributed by atoms with Crippen molar-refractivity contribution in [1.29, 1.82) is 0 Å². The van der Waals surface area contributed by atoms with Crippen LogP contribution in [0.4, 0.5) is 0 Å². The predicted octanol–water partition coefficient (Wildman–Crippen LogP) is -0.187. The predicted molar refractivity (Wildman–Crippen MR) is 47.5 cm³/mol. The van der Waals surface area contributed by atoms with Crippen molar-refractivity contribution in [3.63, 3.8) is 0 Å². The average molecular weight is 174 g/mol. The molecule has 3 nitrogen and oxygen atoms in total. The zero-order valence-electron chi connectivity index (χ0n) is 6.67. The van der Waals surface area contributed by atoms with Crippen LogP contribution in [0.25, 0.3) is 0 Å². The first-order valence-electron chi connectivity index (χ1n) is 3.80. The number of nitrogens with one attached hydrogen (secondary N) is 1. The zero-order chi connectivity index (χ0) is 8.27. The number of amides is 1. The number of thioether (sulfide) groups is 1. The van der Waals surface area contributed by atoms with Crippen molar-refractivity contribution in [3.8, 4) is 0 Å². The maximum absolute atomic E-state index is 10.9. The summed E-state index contributed by atoms with van der Waals surface area (Å²) in [6.07, 6.45) is 1.11. The van der Waals surface area contributed by atoms with Crippen LogP contribution in [-0.2, 0) is 4.79 Å². The smallest absolute Gasteiger partial charge is 0.234 e. The number of primary amides is 1. The van der Waals surface area contributed by atoms with Gasteiger partial charge in [0, 0.05) is 0 Å². The molecule has 0 aromatic rings. The molecule has 0 saturated carbocycles. The SMILES string of the molecule is CNC(C(N)=O)C1CCSC1. The van der Waals surface area contributed by atoms with Gasteiger partial charge in [-0.15, -0.1) is 0 Å². The maximum Gasteiger partial charge on any atom is 0.234 e. The fraction of sp³-hybridized carbons (Fsp3) is 0.857. The Bertz CT molecular complexity index is 145. The van der Waals surface area contributed by atoms with E-state index in [1.54, 1.807) is 7.05 Å². The second-order valence-corrected chi connectivity index (χ2v) is 3.94. The molecule has 0 aromatic carbocycles. The molecule has 1 aliphatic heterocycles. The van der Waals surface area contributed by atoms with E-state index >= 15 is 0 Å². The highest BCUT2D eigenvalue weighted by atomic mass is 32.2. The van der Waals surface area contributed by atoms with E-state index in [0.717, 1.165) is 17.9 Å². The minimum atomic E-state index is -0.222. The lowest BCUT2D eigenvalue weighted by atomic mass is 9.99. The van der Waals surface area contributed by atoms with Crippen LogP contribution in [0.5, 0.6) is 0 Å². The molecule has 1 saturated heterocycles. The first-order chi connectivity index (χ1) is 5.25. The molecule has 0 aliphatic carbocycles. The second-order valence-electron chi connectivity index (χ2n) is 2.79. The van der Waals surface area contributed by atoms with Crippen LogP contribution in [0.3, 0.4) is 0 Å². The lowest BCUT2D eigenvalue weighted by Crippen LogP contribution is -2.44. The van der Waals surface area contributed by atoms with Crippen molar-refractivity contribution >= 4 is 17.7 Å². The zero-order valence-corrected chi connectivity index (χ0v) is 7.49. The third-order valence-corrected chi connectivity index (χ3v) is 3.24. The van der Waals surface area contributed by atoms with Crippen molar-refractivity contribution in [2.45, 2.75) is 12.5 Å². The molecule has 2 unspecified atom stereocenters. The molecule has 1 heterocycles. The van der Waals surface area contributed by atoms with Gasteiger partial charge in [-0.25, -0.2) is 0 Å². The summed E-state index contributed by atoms with van der Waals surface area (Å²) >= 11 is 1.90. The lowest BCUT2D eigenvalue weighted by Gasteiger charge is -2.18. The Balaban J connectivity index is 2.46. The summed E-state index contributed by atoms with van der Waals surface area (Å²) in [5.41, 5.74) is 5.22. The van der Waals surface area contributed by atoms with E-state index in [2.05, 4.69) is 5.32 Å². The van der Waals surface area contributed by atoms with Crippen molar-refractivity contribution in [3.05, 3.63) is 0 Å². The normalized spacial score (nSPS) is 26.8. The first-order valence-corrected chi connectivity index (χ1v) is 4.95. The number of carbonyl (C=O) groups excluding carboxylic acids is 1. The van der Waals surface area contributed by atoms with Gasteiger partial charge in [0.1, 0.15) is 0 Å². The standard InChI is InChI=1S/C7H14N2OS/c1-9-6(7(8)10)5-2-3-11-4-5/h5-6,9H,2-4H2,1H3,(H2,8,10). The van der Waals surface area contributed by atoms with E-state index in [4.69, 9.17) is 5.73 Å². The van der Waals surface area contributed by atoms with E-state index in [9.17, 15) is 4.79 Å². The van der Waals surface area contributed by atoms with Gasteiger partial charge < -0.3 is 11.1 Å². The van der Waals surface area contributed by atoms with Crippen LogP contribution in [-0.4, -0.2) is 30.5 Å². The Kier molecular flexibility index (Phi) is 3.20. The number of nitrogens with two attached hydrogens (primary N) is 1. The molecular formula is C7H14N2OS. The van der Waals surface area contributed by atoms with Gasteiger partial charge in [0.15, 0.2) is 0 Å². The highest BCUT2D eigenvalue weighted by Crippen LogP contribution is 2.25. The molecule has 2 atom stereocenters.